The summed E-state index contributed by atoms with van der Waals surface area (Å²) in [6, 6.07) is 8.23. The zero-order valence-electron chi connectivity index (χ0n) is 12.6. The van der Waals surface area contributed by atoms with Crippen LogP contribution in [0.5, 0.6) is 0 Å². The van der Waals surface area contributed by atoms with Crippen molar-refractivity contribution in [1.82, 2.24) is 15.3 Å². The Hall–Kier alpha value is -2.67. The van der Waals surface area contributed by atoms with Crippen LogP contribution in [0.3, 0.4) is 0 Å². The first kappa shape index (κ1) is 14.0. The van der Waals surface area contributed by atoms with Gasteiger partial charge in [0, 0.05) is 29.7 Å². The monoisotopic (exact) mass is 309 g/mol. The minimum absolute atomic E-state index is 0.218. The van der Waals surface area contributed by atoms with Crippen LogP contribution in [-0.2, 0) is 0 Å². The lowest BCUT2D eigenvalue weighted by Crippen LogP contribution is -2.58. The van der Waals surface area contributed by atoms with E-state index in [1.165, 1.54) is 0 Å². The fourth-order valence-corrected chi connectivity index (χ4v) is 3.12. The van der Waals surface area contributed by atoms with Crippen LogP contribution in [-0.4, -0.2) is 28.0 Å². The molecule has 7 nitrogen and oxygen atoms in total. The molecule has 1 aliphatic heterocycles. The van der Waals surface area contributed by atoms with Gasteiger partial charge in [0.2, 0.25) is 5.95 Å². The number of nitrogens with zero attached hydrogens (tertiary/aromatic N) is 3. The quantitative estimate of drug-likeness (QED) is 0.670. The van der Waals surface area contributed by atoms with Crippen molar-refractivity contribution >= 4 is 23.2 Å². The van der Waals surface area contributed by atoms with Crippen LogP contribution in [0.1, 0.15) is 12.8 Å². The Balaban J connectivity index is 1.43. The smallest absolute Gasteiger partial charge is 0.223 e. The van der Waals surface area contributed by atoms with Crippen molar-refractivity contribution in [2.24, 2.45) is 22.4 Å². The molecule has 1 aromatic carbocycles. The molecule has 1 fully saturated rings. The standard InChI is InChI=1S/C16H19N7/c17-14-8-19-9-21-16(14,18)11-5-12(6-11)22-15-20-7-10-3-1-2-4-13(10)23-15/h1-4,7-9,11-12H,5-6,17-18H2,(H,19,21)(H,20,22,23). The fraction of sp³-hybridized carbons (Fsp3) is 0.312. The third kappa shape index (κ3) is 2.39. The van der Waals surface area contributed by atoms with E-state index in [9.17, 15) is 0 Å². The molecule has 0 amide bonds. The highest BCUT2D eigenvalue weighted by Crippen LogP contribution is 2.40. The normalized spacial score (nSPS) is 29.5. The predicted molar refractivity (Wildman–Crippen MR) is 90.5 cm³/mol. The number of hydrogen-bond acceptors (Lipinski definition) is 7. The van der Waals surface area contributed by atoms with Crippen molar-refractivity contribution < 1.29 is 0 Å². The van der Waals surface area contributed by atoms with E-state index in [1.807, 2.05) is 30.5 Å². The Bertz CT molecular complexity index is 794. The Labute approximate surface area is 133 Å². The maximum atomic E-state index is 6.35. The number of aliphatic imine (C=N–C) groups is 1. The predicted octanol–water partition coefficient (Wildman–Crippen LogP) is 0.907. The van der Waals surface area contributed by atoms with E-state index in [-0.39, 0.29) is 5.92 Å². The molecule has 1 saturated carbocycles. The Morgan fingerprint density at radius 3 is 2.91 bits per heavy atom. The molecule has 2 aliphatic rings. The van der Waals surface area contributed by atoms with E-state index in [4.69, 9.17) is 11.5 Å². The molecule has 2 heterocycles. The van der Waals surface area contributed by atoms with Gasteiger partial charge in [-0.1, -0.05) is 18.2 Å². The van der Waals surface area contributed by atoms with Crippen LogP contribution in [0.4, 0.5) is 5.95 Å². The second kappa shape index (κ2) is 5.20. The van der Waals surface area contributed by atoms with E-state index in [0.29, 0.717) is 17.7 Å². The van der Waals surface area contributed by atoms with E-state index in [1.54, 1.807) is 12.5 Å². The summed E-state index contributed by atoms with van der Waals surface area (Å²) in [5, 5.41) is 7.27. The van der Waals surface area contributed by atoms with E-state index >= 15 is 0 Å². The first-order chi connectivity index (χ1) is 11.1. The lowest BCUT2D eigenvalue weighted by atomic mass is 9.71. The van der Waals surface area contributed by atoms with E-state index in [0.717, 1.165) is 23.7 Å². The van der Waals surface area contributed by atoms with Gasteiger partial charge in [-0.2, -0.15) is 0 Å². The molecule has 0 spiro atoms. The van der Waals surface area contributed by atoms with Gasteiger partial charge in [0.25, 0.3) is 0 Å². The molecular formula is C16H19N7. The molecule has 1 atom stereocenters. The first-order valence-corrected chi connectivity index (χ1v) is 7.68. The van der Waals surface area contributed by atoms with Crippen LogP contribution in [0, 0.1) is 5.92 Å². The lowest BCUT2D eigenvalue weighted by Gasteiger charge is -2.45. The summed E-state index contributed by atoms with van der Waals surface area (Å²) in [7, 11) is 0. The molecule has 1 unspecified atom stereocenters. The molecular weight excluding hydrogens is 290 g/mol. The van der Waals surface area contributed by atoms with Crippen molar-refractivity contribution in [2.75, 3.05) is 5.32 Å². The lowest BCUT2D eigenvalue weighted by molar-refractivity contribution is 0.181. The molecule has 118 valence electrons. The van der Waals surface area contributed by atoms with E-state index < -0.39 is 5.66 Å². The molecule has 0 saturated heterocycles. The summed E-state index contributed by atoms with van der Waals surface area (Å²) in [5.41, 5.74) is 13.1. The van der Waals surface area contributed by atoms with Crippen molar-refractivity contribution in [2.45, 2.75) is 24.5 Å². The number of hydrogen-bond donors (Lipinski definition) is 4. The molecule has 4 rings (SSSR count). The number of fused-ring (bicyclic) bond motifs is 1. The number of aromatic nitrogens is 2. The SMILES string of the molecule is NC1=CNC=NC1(N)C1CC(Nc2ncc3ccccc3n2)C1. The van der Waals surface area contributed by atoms with Crippen molar-refractivity contribution in [3.05, 3.63) is 42.4 Å². The molecule has 6 N–H and O–H groups in total. The minimum atomic E-state index is -0.798. The molecule has 1 aromatic heterocycles. The molecule has 0 radical (unpaired) electrons. The van der Waals surface area contributed by atoms with Gasteiger partial charge in [0.15, 0.2) is 5.66 Å². The second-order valence-electron chi connectivity index (χ2n) is 6.11. The van der Waals surface area contributed by atoms with Crippen LogP contribution in [0.15, 0.2) is 47.4 Å². The number of nitrogens with two attached hydrogens (primary N) is 2. The van der Waals surface area contributed by atoms with Crippen molar-refractivity contribution in [1.29, 1.82) is 0 Å². The third-order valence-electron chi connectivity index (χ3n) is 4.64. The van der Waals surface area contributed by atoms with Gasteiger partial charge in [-0.25, -0.2) is 15.0 Å². The number of anilines is 1. The summed E-state index contributed by atoms with van der Waals surface area (Å²) >= 11 is 0. The van der Waals surface area contributed by atoms with Crippen LogP contribution >= 0.6 is 0 Å². The van der Waals surface area contributed by atoms with Gasteiger partial charge >= 0.3 is 0 Å². The summed E-state index contributed by atoms with van der Waals surface area (Å²) < 4.78 is 0. The van der Waals surface area contributed by atoms with Gasteiger partial charge in [-0.3, -0.25) is 0 Å². The van der Waals surface area contributed by atoms with Crippen molar-refractivity contribution in [3.63, 3.8) is 0 Å². The third-order valence-corrected chi connectivity index (χ3v) is 4.64. The first-order valence-electron chi connectivity index (χ1n) is 7.68. The van der Waals surface area contributed by atoms with Crippen LogP contribution in [0.2, 0.25) is 0 Å². The number of nitrogens with one attached hydrogen (secondary N) is 2. The average Bonchev–Trinajstić information content (AvgIpc) is 2.53. The largest absolute Gasteiger partial charge is 0.398 e. The Kier molecular flexibility index (Phi) is 3.16. The topological polar surface area (TPSA) is 114 Å². The summed E-state index contributed by atoms with van der Waals surface area (Å²) in [5.74, 6) is 0.866. The Morgan fingerprint density at radius 2 is 2.09 bits per heavy atom. The molecule has 1 aliphatic carbocycles. The summed E-state index contributed by atoms with van der Waals surface area (Å²) in [6.45, 7) is 0. The highest BCUT2D eigenvalue weighted by molar-refractivity contribution is 5.78. The maximum Gasteiger partial charge on any atom is 0.223 e. The molecule has 7 heteroatoms. The minimum Gasteiger partial charge on any atom is -0.398 e. The molecule has 2 aromatic rings. The Morgan fingerprint density at radius 1 is 1.26 bits per heavy atom. The van der Waals surface area contributed by atoms with E-state index in [2.05, 4.69) is 25.6 Å². The maximum absolute atomic E-state index is 6.35. The molecule has 0 bridgehead atoms. The second-order valence-corrected chi connectivity index (χ2v) is 6.11. The zero-order valence-corrected chi connectivity index (χ0v) is 12.6. The fourth-order valence-electron chi connectivity index (χ4n) is 3.12. The van der Waals surface area contributed by atoms with Gasteiger partial charge in [-0.05, 0) is 18.9 Å². The van der Waals surface area contributed by atoms with Gasteiger partial charge in [0.1, 0.15) is 0 Å². The summed E-state index contributed by atoms with van der Waals surface area (Å²) in [6.07, 6.45) is 6.92. The van der Waals surface area contributed by atoms with Gasteiger partial charge in [0.05, 0.1) is 17.6 Å². The average molecular weight is 309 g/mol. The summed E-state index contributed by atoms with van der Waals surface area (Å²) in [4.78, 5) is 13.2. The molecule has 23 heavy (non-hydrogen) atoms. The highest BCUT2D eigenvalue weighted by atomic mass is 15.2. The number of benzene rings is 1. The van der Waals surface area contributed by atoms with Crippen molar-refractivity contribution in [3.8, 4) is 0 Å². The van der Waals surface area contributed by atoms with Crippen LogP contribution < -0.4 is 22.1 Å². The highest BCUT2D eigenvalue weighted by Gasteiger charge is 2.46. The van der Waals surface area contributed by atoms with Gasteiger partial charge in [-0.15, -0.1) is 0 Å². The number of para-hydroxylation sites is 1. The number of rotatable bonds is 3. The van der Waals surface area contributed by atoms with Gasteiger partial charge < -0.3 is 22.1 Å². The van der Waals surface area contributed by atoms with Crippen LogP contribution in [0.25, 0.3) is 10.9 Å². The zero-order chi connectivity index (χ0) is 15.9.